The summed E-state index contributed by atoms with van der Waals surface area (Å²) in [6, 6.07) is 5.83. The maximum absolute atomic E-state index is 13.2. The van der Waals surface area contributed by atoms with Crippen LogP contribution in [-0.2, 0) is 9.53 Å². The molecule has 0 N–H and O–H groups in total. The number of amides is 2. The molecule has 0 unspecified atom stereocenters. The van der Waals surface area contributed by atoms with Crippen molar-refractivity contribution in [1.29, 1.82) is 0 Å². The number of nitrogens with zero attached hydrogens (tertiary/aromatic N) is 2. The SMILES string of the molecule is CCOC[C@H]1CCCN(C(=O)c2cc(C)ccc2N2CCCC2=O)C1. The molecule has 0 saturated carbocycles. The number of hydrogen-bond donors (Lipinski definition) is 0. The van der Waals surface area contributed by atoms with Crippen LogP contribution >= 0.6 is 0 Å². The molecule has 0 spiro atoms. The Labute approximate surface area is 149 Å². The molecule has 1 atom stereocenters. The highest BCUT2D eigenvalue weighted by atomic mass is 16.5. The van der Waals surface area contributed by atoms with Gasteiger partial charge >= 0.3 is 0 Å². The lowest BCUT2D eigenvalue weighted by Gasteiger charge is -2.33. The number of likely N-dealkylation sites (tertiary alicyclic amines) is 1. The van der Waals surface area contributed by atoms with Gasteiger partial charge in [0.2, 0.25) is 5.91 Å². The van der Waals surface area contributed by atoms with Crippen LogP contribution in [0.15, 0.2) is 18.2 Å². The minimum Gasteiger partial charge on any atom is -0.381 e. The molecule has 2 amide bonds. The molecule has 136 valence electrons. The number of aryl methyl sites for hydroxylation is 1. The van der Waals surface area contributed by atoms with Crippen LogP contribution < -0.4 is 4.90 Å². The van der Waals surface area contributed by atoms with E-state index in [4.69, 9.17) is 4.74 Å². The van der Waals surface area contributed by atoms with E-state index in [1.165, 1.54) is 0 Å². The highest BCUT2D eigenvalue weighted by molar-refractivity contribution is 6.05. The number of carbonyl (C=O) groups is 2. The molecule has 2 heterocycles. The van der Waals surface area contributed by atoms with Crippen LogP contribution in [0.4, 0.5) is 5.69 Å². The number of ether oxygens (including phenoxy) is 1. The summed E-state index contributed by atoms with van der Waals surface area (Å²) in [5.74, 6) is 0.560. The van der Waals surface area contributed by atoms with Crippen molar-refractivity contribution in [3.05, 3.63) is 29.3 Å². The first kappa shape index (κ1) is 17.9. The van der Waals surface area contributed by atoms with E-state index in [1.807, 2.05) is 36.9 Å². The zero-order valence-electron chi connectivity index (χ0n) is 15.3. The van der Waals surface area contributed by atoms with E-state index < -0.39 is 0 Å². The van der Waals surface area contributed by atoms with Crippen LogP contribution in [0.3, 0.4) is 0 Å². The Morgan fingerprint density at radius 1 is 1.28 bits per heavy atom. The predicted molar refractivity (Wildman–Crippen MR) is 97.9 cm³/mol. The van der Waals surface area contributed by atoms with Crippen molar-refractivity contribution in [2.24, 2.45) is 5.92 Å². The Balaban J connectivity index is 1.81. The van der Waals surface area contributed by atoms with Crippen LogP contribution in [0.25, 0.3) is 0 Å². The molecular weight excluding hydrogens is 316 g/mol. The van der Waals surface area contributed by atoms with E-state index >= 15 is 0 Å². The third-order valence-corrected chi connectivity index (χ3v) is 5.11. The Kier molecular flexibility index (Phi) is 5.74. The minimum atomic E-state index is 0.0413. The molecule has 2 fully saturated rings. The second-order valence-electron chi connectivity index (χ2n) is 7.09. The molecule has 2 saturated heterocycles. The van der Waals surface area contributed by atoms with Crippen LogP contribution in [0.2, 0.25) is 0 Å². The van der Waals surface area contributed by atoms with E-state index in [2.05, 4.69) is 0 Å². The Hall–Kier alpha value is -1.88. The average Bonchev–Trinajstić information content (AvgIpc) is 3.05. The number of hydrogen-bond acceptors (Lipinski definition) is 3. The summed E-state index contributed by atoms with van der Waals surface area (Å²) in [7, 11) is 0. The number of piperidine rings is 1. The van der Waals surface area contributed by atoms with Gasteiger partial charge in [0.15, 0.2) is 0 Å². The summed E-state index contributed by atoms with van der Waals surface area (Å²) in [4.78, 5) is 29.1. The monoisotopic (exact) mass is 344 g/mol. The molecule has 1 aromatic carbocycles. The molecular formula is C20H28N2O3. The Bertz CT molecular complexity index is 644. The molecule has 25 heavy (non-hydrogen) atoms. The summed E-state index contributed by atoms with van der Waals surface area (Å²) in [6.45, 7) is 7.63. The van der Waals surface area contributed by atoms with Crippen LogP contribution in [0.1, 0.15) is 48.5 Å². The van der Waals surface area contributed by atoms with Crippen molar-refractivity contribution >= 4 is 17.5 Å². The van der Waals surface area contributed by atoms with E-state index in [0.717, 1.165) is 43.6 Å². The lowest BCUT2D eigenvalue weighted by Crippen LogP contribution is -2.42. The topological polar surface area (TPSA) is 49.9 Å². The van der Waals surface area contributed by atoms with Gasteiger partial charge in [-0.05, 0) is 51.2 Å². The first-order valence-electron chi connectivity index (χ1n) is 9.38. The average molecular weight is 344 g/mol. The highest BCUT2D eigenvalue weighted by Gasteiger charge is 2.30. The van der Waals surface area contributed by atoms with Gasteiger partial charge in [-0.25, -0.2) is 0 Å². The third kappa shape index (κ3) is 4.03. The maximum Gasteiger partial charge on any atom is 0.255 e. The van der Waals surface area contributed by atoms with Gasteiger partial charge in [0.05, 0.1) is 17.9 Å². The molecule has 0 aromatic heterocycles. The Morgan fingerprint density at radius 2 is 2.12 bits per heavy atom. The van der Waals surface area contributed by atoms with Gasteiger partial charge in [-0.15, -0.1) is 0 Å². The van der Waals surface area contributed by atoms with Crippen molar-refractivity contribution in [3.8, 4) is 0 Å². The van der Waals surface area contributed by atoms with Crippen LogP contribution in [0, 0.1) is 12.8 Å². The fourth-order valence-electron chi connectivity index (χ4n) is 3.80. The second-order valence-corrected chi connectivity index (χ2v) is 7.09. The van der Waals surface area contributed by atoms with E-state index in [9.17, 15) is 9.59 Å². The van der Waals surface area contributed by atoms with Gasteiger partial charge in [0.1, 0.15) is 0 Å². The number of benzene rings is 1. The zero-order valence-corrected chi connectivity index (χ0v) is 15.3. The fraction of sp³-hybridized carbons (Fsp3) is 0.600. The third-order valence-electron chi connectivity index (χ3n) is 5.11. The molecule has 5 heteroatoms. The summed E-state index contributed by atoms with van der Waals surface area (Å²) < 4.78 is 5.55. The first-order valence-corrected chi connectivity index (χ1v) is 9.38. The normalized spacial score (nSPS) is 21.0. The number of carbonyl (C=O) groups excluding carboxylic acids is 2. The second kappa shape index (κ2) is 8.00. The molecule has 0 aliphatic carbocycles. The molecule has 2 aliphatic rings. The Morgan fingerprint density at radius 3 is 2.84 bits per heavy atom. The van der Waals surface area contributed by atoms with Gasteiger partial charge in [0, 0.05) is 32.7 Å². The molecule has 0 bridgehead atoms. The maximum atomic E-state index is 13.2. The summed E-state index contributed by atoms with van der Waals surface area (Å²) >= 11 is 0. The number of anilines is 1. The highest BCUT2D eigenvalue weighted by Crippen LogP contribution is 2.29. The first-order chi connectivity index (χ1) is 12.1. The predicted octanol–water partition coefficient (Wildman–Crippen LogP) is 3.01. The van der Waals surface area contributed by atoms with Gasteiger partial charge < -0.3 is 14.5 Å². The summed E-state index contributed by atoms with van der Waals surface area (Å²) in [6.07, 6.45) is 3.55. The van der Waals surface area contributed by atoms with Crippen molar-refractivity contribution in [2.75, 3.05) is 37.7 Å². The van der Waals surface area contributed by atoms with Gasteiger partial charge in [-0.1, -0.05) is 11.6 Å². The van der Waals surface area contributed by atoms with E-state index in [-0.39, 0.29) is 11.8 Å². The quantitative estimate of drug-likeness (QED) is 0.825. The smallest absolute Gasteiger partial charge is 0.255 e. The number of rotatable bonds is 5. The lowest BCUT2D eigenvalue weighted by molar-refractivity contribution is -0.117. The van der Waals surface area contributed by atoms with E-state index in [0.29, 0.717) is 37.7 Å². The van der Waals surface area contributed by atoms with Crippen molar-refractivity contribution in [1.82, 2.24) is 4.90 Å². The van der Waals surface area contributed by atoms with Crippen molar-refractivity contribution in [2.45, 2.75) is 39.5 Å². The molecule has 0 radical (unpaired) electrons. The lowest BCUT2D eigenvalue weighted by atomic mass is 9.97. The van der Waals surface area contributed by atoms with Crippen LogP contribution in [-0.4, -0.2) is 49.6 Å². The standard InChI is InChI=1S/C20H28N2O3/c1-3-25-14-16-6-4-10-21(13-16)20(24)17-12-15(2)8-9-18(17)22-11-5-7-19(22)23/h8-9,12,16H,3-7,10-11,13-14H2,1-2H3/t16-/m0/s1. The molecule has 3 rings (SSSR count). The van der Waals surface area contributed by atoms with Crippen molar-refractivity contribution in [3.63, 3.8) is 0 Å². The van der Waals surface area contributed by atoms with Gasteiger partial charge in [-0.2, -0.15) is 0 Å². The summed E-state index contributed by atoms with van der Waals surface area (Å²) in [5, 5.41) is 0. The van der Waals surface area contributed by atoms with E-state index in [1.54, 1.807) is 4.90 Å². The molecule has 1 aromatic rings. The minimum absolute atomic E-state index is 0.0413. The fourth-order valence-corrected chi connectivity index (χ4v) is 3.80. The van der Waals surface area contributed by atoms with Gasteiger partial charge in [-0.3, -0.25) is 9.59 Å². The summed E-state index contributed by atoms with van der Waals surface area (Å²) in [5.41, 5.74) is 2.47. The zero-order chi connectivity index (χ0) is 17.8. The van der Waals surface area contributed by atoms with Crippen molar-refractivity contribution < 1.29 is 14.3 Å². The van der Waals surface area contributed by atoms with Crippen LogP contribution in [0.5, 0.6) is 0 Å². The van der Waals surface area contributed by atoms with Gasteiger partial charge in [0.25, 0.3) is 5.91 Å². The molecule has 5 nitrogen and oxygen atoms in total. The molecule has 2 aliphatic heterocycles. The largest absolute Gasteiger partial charge is 0.381 e.